The van der Waals surface area contributed by atoms with Crippen LogP contribution in [0.25, 0.3) is 0 Å². The Morgan fingerprint density at radius 3 is 2.60 bits per heavy atom. The number of benzene rings is 1. The summed E-state index contributed by atoms with van der Waals surface area (Å²) in [6.45, 7) is 6.45. The topological polar surface area (TPSA) is 29.1 Å². The van der Waals surface area contributed by atoms with Gasteiger partial charge in [0.1, 0.15) is 0 Å². The van der Waals surface area contributed by atoms with Crippen molar-refractivity contribution in [2.45, 2.75) is 52.9 Å². The number of carbonyl (C=O) groups is 1. The maximum absolute atomic E-state index is 12.8. The predicted octanol–water partition coefficient (Wildman–Crippen LogP) is 5.30. The normalized spacial score (nSPS) is 17.4. The van der Waals surface area contributed by atoms with E-state index in [1.807, 2.05) is 25.1 Å². The Bertz CT molecular complexity index is 490. The van der Waals surface area contributed by atoms with Crippen LogP contribution in [0.3, 0.4) is 0 Å². The van der Waals surface area contributed by atoms with E-state index in [0.717, 1.165) is 35.0 Å². The van der Waals surface area contributed by atoms with Gasteiger partial charge in [-0.2, -0.15) is 0 Å². The molecule has 1 fully saturated rings. The maximum atomic E-state index is 12.8. The first-order chi connectivity index (χ1) is 9.43. The van der Waals surface area contributed by atoms with Gasteiger partial charge in [-0.3, -0.25) is 4.79 Å². The quantitative estimate of drug-likeness (QED) is 0.793. The molecule has 3 heteroatoms. The van der Waals surface area contributed by atoms with Crippen LogP contribution in [-0.2, 0) is 4.79 Å². The molecule has 0 spiro atoms. The molecule has 2 nitrogen and oxygen atoms in total. The van der Waals surface area contributed by atoms with Gasteiger partial charge in [-0.15, -0.1) is 0 Å². The minimum Gasteiger partial charge on any atom is -0.325 e. The molecule has 1 aromatic rings. The number of anilines is 1. The van der Waals surface area contributed by atoms with Crippen LogP contribution in [0.15, 0.2) is 22.7 Å². The number of carbonyl (C=O) groups excluding carboxylic acids is 1. The van der Waals surface area contributed by atoms with E-state index in [4.69, 9.17) is 0 Å². The van der Waals surface area contributed by atoms with Crippen molar-refractivity contribution < 1.29 is 4.79 Å². The summed E-state index contributed by atoms with van der Waals surface area (Å²) in [4.78, 5) is 12.8. The van der Waals surface area contributed by atoms with Crippen molar-refractivity contribution in [2.24, 2.45) is 11.3 Å². The first kappa shape index (κ1) is 15.6. The van der Waals surface area contributed by atoms with Crippen molar-refractivity contribution in [3.8, 4) is 0 Å². The third kappa shape index (κ3) is 3.43. The summed E-state index contributed by atoms with van der Waals surface area (Å²) in [5.41, 5.74) is 1.90. The second-order valence-corrected chi connectivity index (χ2v) is 7.38. The highest BCUT2D eigenvalue weighted by molar-refractivity contribution is 9.10. The van der Waals surface area contributed by atoms with Gasteiger partial charge >= 0.3 is 0 Å². The Morgan fingerprint density at radius 1 is 1.35 bits per heavy atom. The molecule has 1 aliphatic carbocycles. The predicted molar refractivity (Wildman–Crippen MR) is 87.9 cm³/mol. The molecule has 1 aliphatic rings. The molecule has 1 N–H and O–H groups in total. The largest absolute Gasteiger partial charge is 0.325 e. The highest BCUT2D eigenvalue weighted by Crippen LogP contribution is 2.44. The second-order valence-electron chi connectivity index (χ2n) is 6.52. The third-order valence-electron chi connectivity index (χ3n) is 4.21. The summed E-state index contributed by atoms with van der Waals surface area (Å²) in [5, 5.41) is 3.15. The second kappa shape index (κ2) is 6.30. The van der Waals surface area contributed by atoms with Crippen LogP contribution < -0.4 is 5.32 Å². The summed E-state index contributed by atoms with van der Waals surface area (Å²) in [5.74, 6) is 0.759. The lowest BCUT2D eigenvalue weighted by Gasteiger charge is -2.29. The van der Waals surface area contributed by atoms with Crippen LogP contribution >= 0.6 is 15.9 Å². The Hall–Kier alpha value is -0.830. The van der Waals surface area contributed by atoms with Crippen LogP contribution in [0.1, 0.15) is 51.5 Å². The SMILES string of the molecule is Cc1ccc(Br)c(NC(=O)C2(CC(C)C)CCCC2)c1. The average Bonchev–Trinajstić information content (AvgIpc) is 2.82. The monoisotopic (exact) mass is 337 g/mol. The molecule has 20 heavy (non-hydrogen) atoms. The van der Waals surface area contributed by atoms with Crippen molar-refractivity contribution in [1.29, 1.82) is 0 Å². The molecule has 0 atom stereocenters. The van der Waals surface area contributed by atoms with Gasteiger partial charge in [0.05, 0.1) is 5.69 Å². The number of aryl methyl sites for hydroxylation is 1. The zero-order valence-corrected chi connectivity index (χ0v) is 14.2. The van der Waals surface area contributed by atoms with Crippen LogP contribution in [-0.4, -0.2) is 5.91 Å². The molecular weight excluding hydrogens is 314 g/mol. The van der Waals surface area contributed by atoms with E-state index in [1.165, 1.54) is 12.8 Å². The number of halogens is 1. The zero-order valence-electron chi connectivity index (χ0n) is 12.6. The van der Waals surface area contributed by atoms with E-state index in [9.17, 15) is 4.79 Å². The van der Waals surface area contributed by atoms with Crippen LogP contribution in [0, 0.1) is 18.3 Å². The lowest BCUT2D eigenvalue weighted by molar-refractivity contribution is -0.126. The maximum Gasteiger partial charge on any atom is 0.230 e. The molecule has 0 heterocycles. The molecule has 2 rings (SSSR count). The molecule has 0 saturated heterocycles. The molecule has 0 unspecified atom stereocenters. The van der Waals surface area contributed by atoms with Gasteiger partial charge in [-0.05, 0) is 65.7 Å². The fourth-order valence-corrected chi connectivity index (χ4v) is 3.69. The summed E-state index contributed by atoms with van der Waals surface area (Å²) in [6.07, 6.45) is 5.40. The highest BCUT2D eigenvalue weighted by atomic mass is 79.9. The first-order valence-corrected chi connectivity index (χ1v) is 8.30. The zero-order chi connectivity index (χ0) is 14.8. The lowest BCUT2D eigenvalue weighted by atomic mass is 9.77. The van der Waals surface area contributed by atoms with Crippen LogP contribution in [0.2, 0.25) is 0 Å². The minimum atomic E-state index is -0.155. The lowest BCUT2D eigenvalue weighted by Crippen LogP contribution is -2.35. The Morgan fingerprint density at radius 2 is 2.00 bits per heavy atom. The van der Waals surface area contributed by atoms with E-state index in [-0.39, 0.29) is 11.3 Å². The highest BCUT2D eigenvalue weighted by Gasteiger charge is 2.41. The standard InChI is InChI=1S/C17H24BrNO/c1-12(2)11-17(8-4-5-9-17)16(20)19-15-10-13(3)6-7-14(15)18/h6-7,10,12H,4-5,8-9,11H2,1-3H3,(H,19,20). The van der Waals surface area contributed by atoms with E-state index < -0.39 is 0 Å². The van der Waals surface area contributed by atoms with Gasteiger partial charge < -0.3 is 5.32 Å². The van der Waals surface area contributed by atoms with Crippen LogP contribution in [0.4, 0.5) is 5.69 Å². The molecular formula is C17H24BrNO. The summed E-state index contributed by atoms with van der Waals surface area (Å²) >= 11 is 3.52. The van der Waals surface area contributed by atoms with Gasteiger partial charge in [-0.1, -0.05) is 32.8 Å². The van der Waals surface area contributed by atoms with Crippen molar-refractivity contribution >= 4 is 27.5 Å². The number of nitrogens with one attached hydrogen (secondary N) is 1. The van der Waals surface area contributed by atoms with Crippen molar-refractivity contribution in [2.75, 3.05) is 5.32 Å². The van der Waals surface area contributed by atoms with Gasteiger partial charge in [0.25, 0.3) is 0 Å². The van der Waals surface area contributed by atoms with E-state index >= 15 is 0 Å². The molecule has 0 aromatic heterocycles. The van der Waals surface area contributed by atoms with Crippen molar-refractivity contribution in [3.05, 3.63) is 28.2 Å². The smallest absolute Gasteiger partial charge is 0.230 e. The van der Waals surface area contributed by atoms with Gasteiger partial charge in [0.15, 0.2) is 0 Å². The molecule has 0 bridgehead atoms. The molecule has 1 amide bonds. The number of amides is 1. The number of rotatable bonds is 4. The molecule has 0 aliphatic heterocycles. The Labute approximate surface area is 130 Å². The Kier molecular flexibility index (Phi) is 4.90. The third-order valence-corrected chi connectivity index (χ3v) is 4.90. The van der Waals surface area contributed by atoms with Gasteiger partial charge in [-0.25, -0.2) is 0 Å². The van der Waals surface area contributed by atoms with Crippen molar-refractivity contribution in [3.63, 3.8) is 0 Å². The molecule has 0 radical (unpaired) electrons. The minimum absolute atomic E-state index is 0.155. The first-order valence-electron chi connectivity index (χ1n) is 7.50. The Balaban J connectivity index is 2.18. The molecule has 1 saturated carbocycles. The van der Waals surface area contributed by atoms with Gasteiger partial charge in [0.2, 0.25) is 5.91 Å². The van der Waals surface area contributed by atoms with E-state index in [2.05, 4.69) is 35.1 Å². The van der Waals surface area contributed by atoms with Gasteiger partial charge in [0, 0.05) is 9.89 Å². The summed E-state index contributed by atoms with van der Waals surface area (Å²) < 4.78 is 0.953. The van der Waals surface area contributed by atoms with E-state index in [1.54, 1.807) is 0 Å². The fourth-order valence-electron chi connectivity index (χ4n) is 3.35. The molecule has 1 aromatic carbocycles. The van der Waals surface area contributed by atoms with Crippen molar-refractivity contribution in [1.82, 2.24) is 0 Å². The summed E-state index contributed by atoms with van der Waals surface area (Å²) in [6, 6.07) is 6.06. The average molecular weight is 338 g/mol. The summed E-state index contributed by atoms with van der Waals surface area (Å²) in [7, 11) is 0. The molecule has 110 valence electrons. The number of hydrogen-bond donors (Lipinski definition) is 1. The van der Waals surface area contributed by atoms with E-state index in [0.29, 0.717) is 5.92 Å². The van der Waals surface area contributed by atoms with Crippen LogP contribution in [0.5, 0.6) is 0 Å². The number of hydrogen-bond acceptors (Lipinski definition) is 1. The fraction of sp³-hybridized carbons (Fsp3) is 0.588.